The predicted molar refractivity (Wildman–Crippen MR) is 150 cm³/mol. The Balaban J connectivity index is 1.38. The van der Waals surface area contributed by atoms with Crippen LogP contribution in [0.3, 0.4) is 0 Å². The molecule has 1 saturated heterocycles. The van der Waals surface area contributed by atoms with Gasteiger partial charge < -0.3 is 15.0 Å². The van der Waals surface area contributed by atoms with Gasteiger partial charge in [0.2, 0.25) is 0 Å². The molecule has 4 aromatic rings. The molecule has 0 aliphatic carbocycles. The van der Waals surface area contributed by atoms with Crippen LogP contribution in [0, 0.1) is 11.6 Å². The van der Waals surface area contributed by atoms with Gasteiger partial charge in [0.05, 0.1) is 23.4 Å². The molecule has 0 bridgehead atoms. The number of alkyl carbamates (subject to hydrolysis) is 1. The first kappa shape index (κ1) is 28.1. The lowest BCUT2D eigenvalue weighted by molar-refractivity contribution is 0.0509. The smallest absolute Gasteiger partial charge is 0.407 e. The van der Waals surface area contributed by atoms with E-state index in [1.54, 1.807) is 12.3 Å². The van der Waals surface area contributed by atoms with Crippen LogP contribution in [0.4, 0.5) is 25.1 Å². The summed E-state index contributed by atoms with van der Waals surface area (Å²) in [5, 5.41) is 3.68. The number of fused-ring (bicyclic) bond motifs is 1. The Bertz CT molecular complexity index is 1730. The van der Waals surface area contributed by atoms with Crippen molar-refractivity contribution >= 4 is 38.5 Å². The number of amides is 1. The van der Waals surface area contributed by atoms with E-state index < -0.39 is 38.2 Å². The third-order valence-corrected chi connectivity index (χ3v) is 7.74. The number of pyridine rings is 1. The van der Waals surface area contributed by atoms with Crippen LogP contribution in [-0.4, -0.2) is 54.2 Å². The summed E-state index contributed by atoms with van der Waals surface area (Å²) in [7, 11) is -4.33. The van der Waals surface area contributed by atoms with E-state index in [4.69, 9.17) is 4.74 Å². The first-order valence-corrected chi connectivity index (χ1v) is 14.3. The molecule has 2 aromatic carbocycles. The molecule has 1 amide bonds. The van der Waals surface area contributed by atoms with Crippen LogP contribution in [0.25, 0.3) is 22.0 Å². The Kier molecular flexibility index (Phi) is 7.47. The van der Waals surface area contributed by atoms with E-state index >= 15 is 0 Å². The summed E-state index contributed by atoms with van der Waals surface area (Å²) < 4.78 is 60.6. The number of anilines is 2. The lowest BCUT2D eigenvalue weighted by Gasteiger charge is -2.22. The summed E-state index contributed by atoms with van der Waals surface area (Å²) in [6.07, 6.45) is 4.59. The number of carbonyl (C=O) groups excluding carboxylic acids is 1. The van der Waals surface area contributed by atoms with Gasteiger partial charge in [0.25, 0.3) is 10.0 Å². The molecule has 214 valence electrons. The van der Waals surface area contributed by atoms with Gasteiger partial charge in [-0.25, -0.2) is 32.0 Å². The zero-order chi connectivity index (χ0) is 29.4. The van der Waals surface area contributed by atoms with Gasteiger partial charge in [0.15, 0.2) is 0 Å². The van der Waals surface area contributed by atoms with Gasteiger partial charge in [0, 0.05) is 36.3 Å². The quantitative estimate of drug-likeness (QED) is 0.330. The summed E-state index contributed by atoms with van der Waals surface area (Å²) in [6, 6.07) is 9.23. The van der Waals surface area contributed by atoms with Gasteiger partial charge in [-0.1, -0.05) is 6.07 Å². The molecule has 0 radical (unpaired) electrons. The summed E-state index contributed by atoms with van der Waals surface area (Å²) in [5.41, 5.74) is 1.53. The van der Waals surface area contributed by atoms with Crippen molar-refractivity contribution in [3.63, 3.8) is 0 Å². The molecule has 1 aliphatic rings. The normalized spacial score (nSPS) is 15.6. The van der Waals surface area contributed by atoms with Gasteiger partial charge in [-0.05, 0) is 63.1 Å². The first-order valence-electron chi connectivity index (χ1n) is 12.8. The second kappa shape index (κ2) is 10.9. The van der Waals surface area contributed by atoms with E-state index in [9.17, 15) is 22.0 Å². The van der Waals surface area contributed by atoms with Crippen molar-refractivity contribution in [3.8, 4) is 11.1 Å². The van der Waals surface area contributed by atoms with Crippen molar-refractivity contribution in [2.45, 2.75) is 43.7 Å². The standard InChI is InChI=1S/C28H28F2N6O4S/c1-28(2,3)40-27(37)34-20-8-9-36(15-20)26-22-11-17(4-6-24(22)32-16-33-26)18-10-21(14-31-13-18)35-41(38,39)25-7-5-19(29)12-23(25)30/h4-7,10-14,16,20,35H,8-9,15H2,1-3H3,(H,34,37)/t20-/m0/s1. The molecule has 1 atom stereocenters. The monoisotopic (exact) mass is 582 g/mol. The van der Waals surface area contributed by atoms with Crippen molar-refractivity contribution in [2.24, 2.45) is 0 Å². The Hall–Kier alpha value is -4.39. The number of sulfonamides is 1. The fraction of sp³-hybridized carbons (Fsp3) is 0.286. The number of aromatic nitrogens is 3. The highest BCUT2D eigenvalue weighted by Crippen LogP contribution is 2.31. The second-order valence-electron chi connectivity index (χ2n) is 10.6. The molecule has 0 saturated carbocycles. The maximum Gasteiger partial charge on any atom is 0.407 e. The Labute approximate surface area is 235 Å². The molecular formula is C28H28F2N6O4S. The van der Waals surface area contributed by atoms with Crippen LogP contribution in [-0.2, 0) is 14.8 Å². The average Bonchev–Trinajstić information content (AvgIpc) is 3.34. The van der Waals surface area contributed by atoms with Crippen LogP contribution in [0.5, 0.6) is 0 Å². The summed E-state index contributed by atoms with van der Waals surface area (Å²) in [6.45, 7) is 6.63. The van der Waals surface area contributed by atoms with Crippen LogP contribution in [0.1, 0.15) is 27.2 Å². The lowest BCUT2D eigenvalue weighted by atomic mass is 10.0. The van der Waals surface area contributed by atoms with Crippen LogP contribution in [0.15, 0.2) is 66.1 Å². The van der Waals surface area contributed by atoms with E-state index in [0.29, 0.717) is 42.5 Å². The Morgan fingerprint density at radius 2 is 1.85 bits per heavy atom. The zero-order valence-corrected chi connectivity index (χ0v) is 23.4. The molecule has 5 rings (SSSR count). The number of ether oxygens (including phenoxy) is 1. The number of carbonyl (C=O) groups is 1. The number of hydrogen-bond donors (Lipinski definition) is 2. The van der Waals surface area contributed by atoms with Crippen molar-refractivity contribution in [2.75, 3.05) is 22.7 Å². The van der Waals surface area contributed by atoms with Gasteiger partial charge >= 0.3 is 6.09 Å². The maximum absolute atomic E-state index is 14.1. The third kappa shape index (κ3) is 6.51. The number of halogens is 2. The summed E-state index contributed by atoms with van der Waals surface area (Å²) >= 11 is 0. The van der Waals surface area contributed by atoms with Crippen molar-refractivity contribution in [3.05, 3.63) is 72.8 Å². The van der Waals surface area contributed by atoms with Gasteiger partial charge in [0.1, 0.15) is 34.3 Å². The van der Waals surface area contributed by atoms with Crippen LogP contribution < -0.4 is 14.9 Å². The number of nitrogens with one attached hydrogen (secondary N) is 2. The molecule has 0 unspecified atom stereocenters. The minimum atomic E-state index is -4.33. The molecule has 3 heterocycles. The Morgan fingerprint density at radius 3 is 2.61 bits per heavy atom. The fourth-order valence-electron chi connectivity index (χ4n) is 4.58. The molecule has 1 aliphatic heterocycles. The average molecular weight is 583 g/mol. The SMILES string of the molecule is CC(C)(C)OC(=O)N[C@H]1CCN(c2ncnc3ccc(-c4cncc(NS(=O)(=O)c5ccc(F)cc5F)c4)cc23)C1. The van der Waals surface area contributed by atoms with Gasteiger partial charge in [-0.3, -0.25) is 9.71 Å². The van der Waals surface area contributed by atoms with E-state index in [1.807, 2.05) is 39.0 Å². The molecular weight excluding hydrogens is 554 g/mol. The molecule has 10 nitrogen and oxygen atoms in total. The van der Waals surface area contributed by atoms with Gasteiger partial charge in [-0.2, -0.15) is 0 Å². The number of hydrogen-bond acceptors (Lipinski definition) is 8. The lowest BCUT2D eigenvalue weighted by Crippen LogP contribution is -2.40. The minimum Gasteiger partial charge on any atom is -0.444 e. The maximum atomic E-state index is 14.1. The number of nitrogens with zero attached hydrogens (tertiary/aromatic N) is 4. The molecule has 41 heavy (non-hydrogen) atoms. The minimum absolute atomic E-state index is 0.103. The van der Waals surface area contributed by atoms with Crippen molar-refractivity contribution < 1.29 is 26.7 Å². The largest absolute Gasteiger partial charge is 0.444 e. The third-order valence-electron chi connectivity index (χ3n) is 6.33. The molecule has 1 fully saturated rings. The molecule has 2 aromatic heterocycles. The van der Waals surface area contributed by atoms with Crippen LogP contribution >= 0.6 is 0 Å². The number of benzene rings is 2. The molecule has 13 heteroatoms. The highest BCUT2D eigenvalue weighted by Gasteiger charge is 2.28. The first-order chi connectivity index (χ1) is 19.4. The van der Waals surface area contributed by atoms with E-state index in [2.05, 4.69) is 29.9 Å². The molecule has 0 spiro atoms. The highest BCUT2D eigenvalue weighted by molar-refractivity contribution is 7.92. The van der Waals surface area contributed by atoms with Crippen molar-refractivity contribution in [1.29, 1.82) is 0 Å². The van der Waals surface area contributed by atoms with E-state index in [-0.39, 0.29) is 11.7 Å². The fourth-order valence-corrected chi connectivity index (χ4v) is 5.67. The second-order valence-corrected chi connectivity index (χ2v) is 12.3. The summed E-state index contributed by atoms with van der Waals surface area (Å²) in [5.74, 6) is -1.38. The van der Waals surface area contributed by atoms with Gasteiger partial charge in [-0.15, -0.1) is 0 Å². The topological polar surface area (TPSA) is 126 Å². The zero-order valence-electron chi connectivity index (χ0n) is 22.6. The van der Waals surface area contributed by atoms with Crippen molar-refractivity contribution in [1.82, 2.24) is 20.3 Å². The number of rotatable bonds is 6. The highest BCUT2D eigenvalue weighted by atomic mass is 32.2. The Morgan fingerprint density at radius 1 is 1.05 bits per heavy atom. The van der Waals surface area contributed by atoms with E-state index in [1.165, 1.54) is 12.5 Å². The molecule has 2 N–H and O–H groups in total. The summed E-state index contributed by atoms with van der Waals surface area (Å²) in [4.78, 5) is 26.7. The van der Waals surface area contributed by atoms with Crippen LogP contribution in [0.2, 0.25) is 0 Å². The predicted octanol–water partition coefficient (Wildman–Crippen LogP) is 4.87. The van der Waals surface area contributed by atoms with E-state index in [0.717, 1.165) is 23.1 Å².